The SMILES string of the molecule is C=C(NC(=C/C)/C=C(/Cl)C(=C)n1nccn1)/C(C=N)=C(/Nc1cnc(C)c2ccccc12)C(F)(F)F. The molecular weight excluding hydrogens is 491 g/mol. The Balaban J connectivity index is 1.97. The van der Waals surface area contributed by atoms with Crippen LogP contribution >= 0.6 is 11.6 Å². The van der Waals surface area contributed by atoms with Gasteiger partial charge in [0.15, 0.2) is 0 Å². The number of allylic oxidation sites excluding steroid dienone is 6. The van der Waals surface area contributed by atoms with Crippen molar-refractivity contribution in [3.05, 3.63) is 102 Å². The molecular formula is C25H23ClF3N7. The second-order valence-corrected chi connectivity index (χ2v) is 7.87. The second-order valence-electron chi connectivity index (χ2n) is 7.46. The van der Waals surface area contributed by atoms with Gasteiger partial charge in [0.1, 0.15) is 5.70 Å². The zero-order chi connectivity index (χ0) is 26.5. The maximum atomic E-state index is 14.2. The van der Waals surface area contributed by atoms with E-state index in [0.717, 1.165) is 0 Å². The maximum absolute atomic E-state index is 14.2. The van der Waals surface area contributed by atoms with Crippen LogP contribution in [0.1, 0.15) is 12.6 Å². The number of anilines is 1. The van der Waals surface area contributed by atoms with Gasteiger partial charge in [-0.1, -0.05) is 55.1 Å². The third kappa shape index (κ3) is 5.89. The molecule has 3 aromatic rings. The van der Waals surface area contributed by atoms with Gasteiger partial charge in [-0.15, -0.1) is 0 Å². The Morgan fingerprint density at radius 2 is 1.78 bits per heavy atom. The number of fused-ring (bicyclic) bond motifs is 1. The topological polar surface area (TPSA) is 91.5 Å². The summed E-state index contributed by atoms with van der Waals surface area (Å²) < 4.78 is 42.6. The van der Waals surface area contributed by atoms with Crippen molar-refractivity contribution >= 4 is 40.0 Å². The van der Waals surface area contributed by atoms with E-state index in [0.29, 0.717) is 28.4 Å². The Morgan fingerprint density at radius 3 is 2.36 bits per heavy atom. The summed E-state index contributed by atoms with van der Waals surface area (Å²) in [6.45, 7) is 11.0. The van der Waals surface area contributed by atoms with Gasteiger partial charge in [-0.25, -0.2) is 0 Å². The highest BCUT2D eigenvalue weighted by atomic mass is 35.5. The van der Waals surface area contributed by atoms with Crippen LogP contribution in [0.4, 0.5) is 18.9 Å². The zero-order valence-electron chi connectivity index (χ0n) is 19.5. The molecule has 0 saturated heterocycles. The predicted octanol–water partition coefficient (Wildman–Crippen LogP) is 6.31. The number of rotatable bonds is 9. The molecule has 186 valence electrons. The molecule has 36 heavy (non-hydrogen) atoms. The summed E-state index contributed by atoms with van der Waals surface area (Å²) in [5.41, 5.74) is -0.432. The monoisotopic (exact) mass is 513 g/mol. The highest BCUT2D eigenvalue weighted by molar-refractivity contribution is 6.35. The molecule has 2 aromatic heterocycles. The lowest BCUT2D eigenvalue weighted by molar-refractivity contribution is -0.0906. The van der Waals surface area contributed by atoms with E-state index in [1.807, 2.05) is 0 Å². The molecule has 0 aliphatic heterocycles. The van der Waals surface area contributed by atoms with E-state index < -0.39 is 17.4 Å². The molecule has 3 rings (SSSR count). The van der Waals surface area contributed by atoms with Gasteiger partial charge in [0.05, 0.1) is 35.0 Å². The lowest BCUT2D eigenvalue weighted by atomic mass is 10.1. The first-order valence-electron chi connectivity index (χ1n) is 10.6. The van der Waals surface area contributed by atoms with Gasteiger partial charge >= 0.3 is 6.18 Å². The van der Waals surface area contributed by atoms with Gasteiger partial charge in [-0.05, 0) is 19.9 Å². The minimum atomic E-state index is -4.83. The van der Waals surface area contributed by atoms with E-state index in [1.54, 1.807) is 44.2 Å². The Labute approximate surface area is 210 Å². The highest BCUT2D eigenvalue weighted by Gasteiger charge is 2.37. The van der Waals surface area contributed by atoms with E-state index >= 15 is 0 Å². The average molecular weight is 514 g/mol. The van der Waals surface area contributed by atoms with Gasteiger partial charge < -0.3 is 16.0 Å². The smallest absolute Gasteiger partial charge is 0.356 e. The Morgan fingerprint density at radius 1 is 1.14 bits per heavy atom. The van der Waals surface area contributed by atoms with Crippen molar-refractivity contribution in [2.24, 2.45) is 0 Å². The van der Waals surface area contributed by atoms with Crippen LogP contribution in [-0.2, 0) is 0 Å². The molecule has 1 aromatic carbocycles. The largest absolute Gasteiger partial charge is 0.431 e. The van der Waals surface area contributed by atoms with Crippen molar-refractivity contribution in [2.45, 2.75) is 20.0 Å². The van der Waals surface area contributed by atoms with Gasteiger partial charge in [0.25, 0.3) is 0 Å². The molecule has 0 fully saturated rings. The van der Waals surface area contributed by atoms with E-state index in [-0.39, 0.29) is 22.1 Å². The van der Waals surface area contributed by atoms with E-state index in [4.69, 9.17) is 17.0 Å². The fourth-order valence-electron chi connectivity index (χ4n) is 3.27. The van der Waals surface area contributed by atoms with Crippen molar-refractivity contribution in [1.82, 2.24) is 25.3 Å². The van der Waals surface area contributed by atoms with Crippen molar-refractivity contribution in [3.63, 3.8) is 0 Å². The Kier molecular flexibility index (Phi) is 8.11. The third-order valence-corrected chi connectivity index (χ3v) is 5.43. The van der Waals surface area contributed by atoms with Crippen LogP contribution in [-0.4, -0.2) is 32.4 Å². The number of nitrogens with one attached hydrogen (secondary N) is 3. The first-order chi connectivity index (χ1) is 17.1. The molecule has 2 heterocycles. The summed E-state index contributed by atoms with van der Waals surface area (Å²) in [5, 5.41) is 22.2. The zero-order valence-corrected chi connectivity index (χ0v) is 20.2. The fraction of sp³-hybridized carbons (Fsp3) is 0.120. The summed E-state index contributed by atoms with van der Waals surface area (Å²) >= 11 is 6.30. The molecule has 0 radical (unpaired) electrons. The molecule has 0 amide bonds. The van der Waals surface area contributed by atoms with Crippen molar-refractivity contribution < 1.29 is 13.2 Å². The van der Waals surface area contributed by atoms with Crippen LogP contribution in [0.5, 0.6) is 0 Å². The molecule has 0 unspecified atom stereocenters. The number of nitrogens with zero attached hydrogens (tertiary/aromatic N) is 4. The molecule has 3 N–H and O–H groups in total. The predicted molar refractivity (Wildman–Crippen MR) is 137 cm³/mol. The summed E-state index contributed by atoms with van der Waals surface area (Å²) in [7, 11) is 0. The summed E-state index contributed by atoms with van der Waals surface area (Å²) in [5.74, 6) is 0. The molecule has 0 bridgehead atoms. The maximum Gasteiger partial charge on any atom is 0.431 e. The molecule has 0 aliphatic rings. The quantitative estimate of drug-likeness (QED) is 0.230. The lowest BCUT2D eigenvalue weighted by Crippen LogP contribution is -2.25. The normalized spacial score (nSPS) is 13.3. The number of benzene rings is 1. The van der Waals surface area contributed by atoms with Crippen molar-refractivity contribution in [1.29, 1.82) is 5.41 Å². The van der Waals surface area contributed by atoms with E-state index in [1.165, 1.54) is 29.5 Å². The highest BCUT2D eigenvalue weighted by Crippen LogP contribution is 2.34. The van der Waals surface area contributed by atoms with Crippen molar-refractivity contribution in [2.75, 3.05) is 5.32 Å². The molecule has 0 aliphatic carbocycles. The summed E-state index contributed by atoms with van der Waals surface area (Å²) in [6.07, 6.45) is 3.01. The number of pyridine rings is 1. The first-order valence-corrected chi connectivity index (χ1v) is 10.9. The van der Waals surface area contributed by atoms with E-state index in [9.17, 15) is 13.2 Å². The number of halogens is 4. The van der Waals surface area contributed by atoms with Crippen LogP contribution < -0.4 is 10.6 Å². The molecule has 0 atom stereocenters. The van der Waals surface area contributed by atoms with Gasteiger partial charge in [-0.3, -0.25) is 4.98 Å². The van der Waals surface area contributed by atoms with Crippen LogP contribution in [0.3, 0.4) is 0 Å². The van der Waals surface area contributed by atoms with Gasteiger partial charge in [-0.2, -0.15) is 28.2 Å². The van der Waals surface area contributed by atoms with E-state index in [2.05, 4.69) is 39.0 Å². The average Bonchev–Trinajstić information content (AvgIpc) is 3.38. The first kappa shape index (κ1) is 26.4. The molecule has 0 saturated carbocycles. The molecule has 7 nitrogen and oxygen atoms in total. The number of hydrogen-bond acceptors (Lipinski definition) is 6. The number of hydrogen-bond donors (Lipinski definition) is 3. The van der Waals surface area contributed by atoms with Crippen molar-refractivity contribution in [3.8, 4) is 0 Å². The lowest BCUT2D eigenvalue weighted by Gasteiger charge is -2.21. The van der Waals surface area contributed by atoms with Crippen LogP contribution in [0.15, 0.2) is 95.9 Å². The van der Waals surface area contributed by atoms with Crippen LogP contribution in [0.25, 0.3) is 16.5 Å². The van der Waals surface area contributed by atoms with Gasteiger partial charge in [0.2, 0.25) is 0 Å². The number of aryl methyl sites for hydroxylation is 1. The Hall–Kier alpha value is -4.18. The third-order valence-electron chi connectivity index (χ3n) is 5.10. The number of alkyl halides is 3. The minimum Gasteiger partial charge on any atom is -0.356 e. The summed E-state index contributed by atoms with van der Waals surface area (Å²) in [4.78, 5) is 5.41. The summed E-state index contributed by atoms with van der Waals surface area (Å²) in [6, 6.07) is 6.98. The fourth-order valence-corrected chi connectivity index (χ4v) is 3.47. The van der Waals surface area contributed by atoms with Gasteiger partial charge in [0, 0.05) is 39.6 Å². The Bertz CT molecular complexity index is 1400. The number of aromatic nitrogens is 4. The van der Waals surface area contributed by atoms with Crippen LogP contribution in [0.2, 0.25) is 0 Å². The van der Waals surface area contributed by atoms with Crippen LogP contribution in [0, 0.1) is 12.3 Å². The second kappa shape index (κ2) is 11.0. The minimum absolute atomic E-state index is 0.145. The molecule has 0 spiro atoms. The molecule has 11 heteroatoms. The standard InChI is InChI=1S/C25H23ClF3N7/c1-5-18(12-22(26)17(4)36-32-10-11-33-36)34-16(3)21(13-30)24(25(27,28)29)35-23-14-31-15(2)19-8-6-7-9-20(19)23/h5-14,30,34-35H,3-4H2,1-2H3/b18-5+,22-12+,24-21+,30-13?.